The van der Waals surface area contributed by atoms with Gasteiger partial charge in [-0.25, -0.2) is 0 Å². The number of nitrogens with one attached hydrogen (secondary N) is 1. The number of aryl methyl sites for hydroxylation is 2. The van der Waals surface area contributed by atoms with Gasteiger partial charge < -0.3 is 4.57 Å². The van der Waals surface area contributed by atoms with Crippen LogP contribution in [0.1, 0.15) is 36.4 Å². The molecule has 7 heteroatoms. The molecule has 0 saturated heterocycles. The van der Waals surface area contributed by atoms with Crippen LogP contribution in [0.5, 0.6) is 0 Å². The number of hydrazone groups is 1. The van der Waals surface area contributed by atoms with E-state index in [0.717, 1.165) is 27.7 Å². The SMILES string of the molecule is Cc1cccc(-n2c(C)cc(/C=C3\C(=N)N4N=C(C(C)C)SC4=NC3=O)c2C)c1. The number of fused-ring (bicyclic) bond motifs is 1. The predicted molar refractivity (Wildman–Crippen MR) is 120 cm³/mol. The van der Waals surface area contributed by atoms with E-state index in [-0.39, 0.29) is 17.3 Å². The topological polar surface area (TPSA) is 73.8 Å². The van der Waals surface area contributed by atoms with Gasteiger partial charge in [-0.1, -0.05) is 26.0 Å². The zero-order valence-corrected chi connectivity index (χ0v) is 18.0. The zero-order valence-electron chi connectivity index (χ0n) is 17.1. The Balaban J connectivity index is 1.75. The summed E-state index contributed by atoms with van der Waals surface area (Å²) in [5.41, 5.74) is 5.50. The Morgan fingerprint density at radius 2 is 1.93 bits per heavy atom. The van der Waals surface area contributed by atoms with Crippen LogP contribution in [-0.2, 0) is 4.79 Å². The Kier molecular flexibility index (Phi) is 4.78. The van der Waals surface area contributed by atoms with Gasteiger partial charge in [-0.2, -0.15) is 15.1 Å². The lowest BCUT2D eigenvalue weighted by Crippen LogP contribution is -2.35. The number of nitrogens with zero attached hydrogens (tertiary/aromatic N) is 4. The number of amidine groups is 2. The van der Waals surface area contributed by atoms with Crippen molar-refractivity contribution in [3.63, 3.8) is 0 Å². The molecule has 0 saturated carbocycles. The van der Waals surface area contributed by atoms with E-state index in [9.17, 15) is 4.79 Å². The molecule has 0 atom stereocenters. The van der Waals surface area contributed by atoms with Gasteiger partial charge in [0.1, 0.15) is 5.04 Å². The maximum Gasteiger partial charge on any atom is 0.283 e. The number of hydrogen-bond donors (Lipinski definition) is 1. The van der Waals surface area contributed by atoms with Crippen LogP contribution >= 0.6 is 11.8 Å². The van der Waals surface area contributed by atoms with E-state index in [2.05, 4.69) is 39.8 Å². The second kappa shape index (κ2) is 7.15. The van der Waals surface area contributed by atoms with Gasteiger partial charge in [-0.15, -0.1) is 0 Å². The van der Waals surface area contributed by atoms with Crippen molar-refractivity contribution in [3.8, 4) is 5.69 Å². The molecular formula is C22H23N5OS. The smallest absolute Gasteiger partial charge is 0.283 e. The summed E-state index contributed by atoms with van der Waals surface area (Å²) in [5, 5.41) is 15.8. The maximum atomic E-state index is 12.7. The first-order valence-electron chi connectivity index (χ1n) is 9.52. The fourth-order valence-electron chi connectivity index (χ4n) is 3.49. The third-order valence-electron chi connectivity index (χ3n) is 4.99. The standard InChI is InChI=1S/C22H23N5OS/c1-12(2)21-25-27-19(23)18(20(28)24-22(27)29-21)11-16-10-14(4)26(15(16)5)17-8-6-7-13(3)9-17/h6-12,23H,1-5H3/b18-11+,23-19?. The fraction of sp³-hybridized carbons (Fsp3) is 0.273. The minimum absolute atomic E-state index is 0.0727. The van der Waals surface area contributed by atoms with Gasteiger partial charge in [0.2, 0.25) is 5.17 Å². The molecule has 0 radical (unpaired) electrons. The number of aromatic nitrogens is 1. The highest BCUT2D eigenvalue weighted by Crippen LogP contribution is 2.31. The highest BCUT2D eigenvalue weighted by Gasteiger charge is 2.36. The Hall–Kier alpha value is -2.93. The molecule has 0 unspecified atom stereocenters. The van der Waals surface area contributed by atoms with E-state index in [1.165, 1.54) is 22.3 Å². The monoisotopic (exact) mass is 405 g/mol. The minimum atomic E-state index is -0.394. The molecule has 1 amide bonds. The van der Waals surface area contributed by atoms with E-state index in [4.69, 9.17) is 5.41 Å². The van der Waals surface area contributed by atoms with Crippen molar-refractivity contribution < 1.29 is 4.79 Å². The van der Waals surface area contributed by atoms with Crippen LogP contribution in [0, 0.1) is 32.1 Å². The Bertz CT molecular complexity index is 1140. The summed E-state index contributed by atoms with van der Waals surface area (Å²) in [7, 11) is 0. The van der Waals surface area contributed by atoms with Crippen molar-refractivity contribution in [3.05, 3.63) is 58.4 Å². The molecule has 0 spiro atoms. The Morgan fingerprint density at radius 1 is 1.17 bits per heavy atom. The summed E-state index contributed by atoms with van der Waals surface area (Å²) in [4.78, 5) is 16.8. The van der Waals surface area contributed by atoms with Crippen LogP contribution in [0.25, 0.3) is 11.8 Å². The molecule has 3 heterocycles. The van der Waals surface area contributed by atoms with Crippen molar-refractivity contribution in [2.75, 3.05) is 0 Å². The summed E-state index contributed by atoms with van der Waals surface area (Å²) in [6.45, 7) is 10.2. The number of rotatable bonds is 3. The van der Waals surface area contributed by atoms with E-state index < -0.39 is 5.91 Å². The van der Waals surface area contributed by atoms with Crippen molar-refractivity contribution in [2.24, 2.45) is 16.0 Å². The second-order valence-corrected chi connectivity index (χ2v) is 8.60. The molecule has 2 aliphatic heterocycles. The lowest BCUT2D eigenvalue weighted by atomic mass is 10.1. The number of benzene rings is 1. The number of thioether (sulfide) groups is 1. The number of amides is 1. The highest BCUT2D eigenvalue weighted by atomic mass is 32.2. The molecule has 1 aromatic heterocycles. The van der Waals surface area contributed by atoms with Gasteiger partial charge in [0, 0.05) is 23.0 Å². The molecule has 6 nitrogen and oxygen atoms in total. The number of carbonyl (C=O) groups excluding carboxylic acids is 1. The third kappa shape index (κ3) is 3.35. The van der Waals surface area contributed by atoms with Crippen LogP contribution < -0.4 is 0 Å². The first-order chi connectivity index (χ1) is 13.8. The number of hydrogen-bond acceptors (Lipinski definition) is 4. The molecule has 0 bridgehead atoms. The average molecular weight is 406 g/mol. The number of carbonyl (C=O) groups is 1. The third-order valence-corrected chi connectivity index (χ3v) is 6.20. The second-order valence-electron chi connectivity index (χ2n) is 7.61. The Morgan fingerprint density at radius 3 is 2.62 bits per heavy atom. The molecule has 2 aromatic rings. The van der Waals surface area contributed by atoms with E-state index in [0.29, 0.717) is 5.17 Å². The first-order valence-corrected chi connectivity index (χ1v) is 10.3. The lowest BCUT2D eigenvalue weighted by Gasteiger charge is -2.20. The molecule has 0 aliphatic carbocycles. The van der Waals surface area contributed by atoms with Gasteiger partial charge in [0.15, 0.2) is 5.84 Å². The summed E-state index contributed by atoms with van der Waals surface area (Å²) in [6, 6.07) is 10.3. The predicted octanol–water partition coefficient (Wildman–Crippen LogP) is 4.68. The van der Waals surface area contributed by atoms with Crippen molar-refractivity contribution in [2.45, 2.75) is 34.6 Å². The van der Waals surface area contributed by atoms with E-state index in [1.807, 2.05) is 39.8 Å². The summed E-state index contributed by atoms with van der Waals surface area (Å²) in [5.74, 6) is -0.102. The maximum absolute atomic E-state index is 12.7. The van der Waals surface area contributed by atoms with Gasteiger partial charge >= 0.3 is 0 Å². The van der Waals surface area contributed by atoms with Gasteiger partial charge in [-0.05, 0) is 67.9 Å². The normalized spacial score (nSPS) is 17.9. The van der Waals surface area contributed by atoms with Crippen LogP contribution in [0.3, 0.4) is 0 Å². The first kappa shape index (κ1) is 19.4. The minimum Gasteiger partial charge on any atom is -0.318 e. The van der Waals surface area contributed by atoms with E-state index >= 15 is 0 Å². The van der Waals surface area contributed by atoms with Crippen LogP contribution in [0.15, 0.2) is 46.0 Å². The van der Waals surface area contributed by atoms with Gasteiger partial charge in [0.05, 0.1) is 5.57 Å². The van der Waals surface area contributed by atoms with Gasteiger partial charge in [-0.3, -0.25) is 10.2 Å². The largest absolute Gasteiger partial charge is 0.318 e. The molecule has 2 aliphatic rings. The zero-order chi connectivity index (χ0) is 20.9. The summed E-state index contributed by atoms with van der Waals surface area (Å²) < 4.78 is 2.16. The van der Waals surface area contributed by atoms with Crippen molar-refractivity contribution in [1.29, 1.82) is 5.41 Å². The quantitative estimate of drug-likeness (QED) is 0.754. The summed E-state index contributed by atoms with van der Waals surface area (Å²) in [6.07, 6.45) is 1.76. The molecule has 1 aromatic carbocycles. The summed E-state index contributed by atoms with van der Waals surface area (Å²) >= 11 is 1.36. The Labute approximate surface area is 174 Å². The van der Waals surface area contributed by atoms with Crippen LogP contribution in [0.4, 0.5) is 0 Å². The fourth-order valence-corrected chi connectivity index (χ4v) is 4.39. The molecule has 4 rings (SSSR count). The molecule has 0 fully saturated rings. The molecule has 29 heavy (non-hydrogen) atoms. The number of aliphatic imine (C=N–C) groups is 1. The molecule has 148 valence electrons. The van der Waals surface area contributed by atoms with E-state index in [1.54, 1.807) is 6.08 Å². The van der Waals surface area contributed by atoms with Crippen molar-refractivity contribution in [1.82, 2.24) is 9.58 Å². The van der Waals surface area contributed by atoms with Crippen LogP contribution in [-0.4, -0.2) is 31.5 Å². The van der Waals surface area contributed by atoms with Crippen LogP contribution in [0.2, 0.25) is 0 Å². The highest BCUT2D eigenvalue weighted by molar-refractivity contribution is 8.27. The van der Waals surface area contributed by atoms with Crippen molar-refractivity contribution >= 4 is 39.8 Å². The van der Waals surface area contributed by atoms with Gasteiger partial charge in [0.25, 0.3) is 5.91 Å². The molecule has 1 N–H and O–H groups in total. The average Bonchev–Trinajstić information content (AvgIpc) is 3.20. The lowest BCUT2D eigenvalue weighted by molar-refractivity contribution is -0.114. The molecular weight excluding hydrogens is 382 g/mol.